The number of ether oxygens (including phenoxy) is 1. The van der Waals surface area contributed by atoms with E-state index in [1.165, 1.54) is 4.31 Å². The summed E-state index contributed by atoms with van der Waals surface area (Å²) in [5.74, 6) is 0.131. The Morgan fingerprint density at radius 3 is 2.32 bits per heavy atom. The van der Waals surface area contributed by atoms with Gasteiger partial charge in [0.1, 0.15) is 5.75 Å². The molecule has 0 saturated heterocycles. The molecule has 31 heavy (non-hydrogen) atoms. The maximum Gasteiger partial charge on any atom is 0.264 e. The summed E-state index contributed by atoms with van der Waals surface area (Å²) >= 11 is 6.06. The molecule has 1 amide bonds. The van der Waals surface area contributed by atoms with Crippen LogP contribution in [0.1, 0.15) is 12.5 Å². The lowest BCUT2D eigenvalue weighted by Crippen LogP contribution is -2.30. The molecule has 0 saturated carbocycles. The number of hydrogen-bond acceptors (Lipinski definition) is 4. The number of anilines is 2. The minimum Gasteiger partial charge on any atom is -0.484 e. The highest BCUT2D eigenvalue weighted by Gasteiger charge is 2.23. The van der Waals surface area contributed by atoms with Crippen molar-refractivity contribution in [1.82, 2.24) is 0 Å². The van der Waals surface area contributed by atoms with Crippen LogP contribution in [0.5, 0.6) is 5.75 Å². The van der Waals surface area contributed by atoms with E-state index in [2.05, 4.69) is 5.32 Å². The van der Waals surface area contributed by atoms with Crippen molar-refractivity contribution in [1.29, 1.82) is 0 Å². The van der Waals surface area contributed by atoms with Gasteiger partial charge in [-0.1, -0.05) is 35.9 Å². The minimum atomic E-state index is -3.67. The van der Waals surface area contributed by atoms with E-state index in [9.17, 15) is 13.2 Å². The molecule has 8 heteroatoms. The van der Waals surface area contributed by atoms with Gasteiger partial charge in [0.15, 0.2) is 6.61 Å². The van der Waals surface area contributed by atoms with E-state index in [4.69, 9.17) is 16.3 Å². The van der Waals surface area contributed by atoms with E-state index >= 15 is 0 Å². The lowest BCUT2D eigenvalue weighted by atomic mass is 10.2. The molecular weight excluding hydrogens is 436 g/mol. The van der Waals surface area contributed by atoms with Crippen LogP contribution in [0.25, 0.3) is 0 Å². The number of nitrogens with zero attached hydrogens (tertiary/aromatic N) is 1. The van der Waals surface area contributed by atoms with Gasteiger partial charge in [-0.15, -0.1) is 0 Å². The summed E-state index contributed by atoms with van der Waals surface area (Å²) in [7, 11) is -3.67. The number of hydrogen-bond donors (Lipinski definition) is 1. The molecule has 162 valence electrons. The first kappa shape index (κ1) is 22.7. The number of carbonyl (C=O) groups excluding carboxylic acids is 1. The van der Waals surface area contributed by atoms with E-state index < -0.39 is 10.0 Å². The number of rotatable bonds is 8. The van der Waals surface area contributed by atoms with E-state index in [-0.39, 0.29) is 24.0 Å². The maximum absolute atomic E-state index is 12.9. The van der Waals surface area contributed by atoms with Crippen LogP contribution < -0.4 is 14.4 Å². The Labute approximate surface area is 187 Å². The van der Waals surface area contributed by atoms with Crippen molar-refractivity contribution in [3.63, 3.8) is 0 Å². The molecule has 1 N–H and O–H groups in total. The molecule has 0 aliphatic carbocycles. The van der Waals surface area contributed by atoms with Crippen molar-refractivity contribution < 1.29 is 17.9 Å². The van der Waals surface area contributed by atoms with Crippen LogP contribution in [0, 0.1) is 6.92 Å². The number of carbonyl (C=O) groups is 1. The fraction of sp³-hybridized carbons (Fsp3) is 0.174. The van der Waals surface area contributed by atoms with Crippen molar-refractivity contribution in [2.24, 2.45) is 0 Å². The lowest BCUT2D eigenvalue weighted by molar-refractivity contribution is -0.118. The van der Waals surface area contributed by atoms with Gasteiger partial charge in [0.2, 0.25) is 0 Å². The van der Waals surface area contributed by atoms with Gasteiger partial charge < -0.3 is 10.1 Å². The molecule has 0 spiro atoms. The summed E-state index contributed by atoms with van der Waals surface area (Å²) in [6, 6.07) is 20.1. The molecular formula is C23H23ClN2O4S. The van der Waals surface area contributed by atoms with Gasteiger partial charge in [-0.05, 0) is 67.9 Å². The number of halogens is 1. The average molecular weight is 459 g/mol. The third-order valence-corrected chi connectivity index (χ3v) is 6.98. The third kappa shape index (κ3) is 5.37. The zero-order valence-corrected chi connectivity index (χ0v) is 18.8. The van der Waals surface area contributed by atoms with Crippen LogP contribution in [0.3, 0.4) is 0 Å². The zero-order valence-electron chi connectivity index (χ0n) is 17.2. The van der Waals surface area contributed by atoms with E-state index in [0.717, 1.165) is 5.56 Å². The molecule has 0 bridgehead atoms. The molecule has 0 aromatic heterocycles. The Hall–Kier alpha value is -3.03. The van der Waals surface area contributed by atoms with Crippen molar-refractivity contribution in [2.75, 3.05) is 22.8 Å². The van der Waals surface area contributed by atoms with Crippen molar-refractivity contribution in [3.8, 4) is 5.75 Å². The zero-order chi connectivity index (χ0) is 22.4. The van der Waals surface area contributed by atoms with Crippen LogP contribution in [-0.4, -0.2) is 27.5 Å². The summed E-state index contributed by atoms with van der Waals surface area (Å²) in [4.78, 5) is 12.4. The fourth-order valence-corrected chi connectivity index (χ4v) is 4.67. The van der Waals surface area contributed by atoms with E-state index in [0.29, 0.717) is 22.1 Å². The highest BCUT2D eigenvalue weighted by atomic mass is 35.5. The molecule has 3 aromatic carbocycles. The van der Waals surface area contributed by atoms with Gasteiger partial charge >= 0.3 is 0 Å². The van der Waals surface area contributed by atoms with Crippen LogP contribution in [0.15, 0.2) is 77.7 Å². The largest absolute Gasteiger partial charge is 0.484 e. The lowest BCUT2D eigenvalue weighted by Gasteiger charge is -2.23. The van der Waals surface area contributed by atoms with Gasteiger partial charge in [0.05, 0.1) is 10.6 Å². The van der Waals surface area contributed by atoms with Crippen molar-refractivity contribution in [3.05, 3.63) is 83.4 Å². The number of nitrogens with one attached hydrogen (secondary N) is 1. The second-order valence-electron chi connectivity index (χ2n) is 6.73. The number of amides is 1. The summed E-state index contributed by atoms with van der Waals surface area (Å²) in [6.07, 6.45) is 0. The second kappa shape index (κ2) is 9.85. The normalized spacial score (nSPS) is 11.1. The molecule has 0 aliphatic heterocycles. The van der Waals surface area contributed by atoms with Gasteiger partial charge in [-0.3, -0.25) is 9.10 Å². The summed E-state index contributed by atoms with van der Waals surface area (Å²) < 4.78 is 32.7. The molecule has 3 rings (SSSR count). The highest BCUT2D eigenvalue weighted by Crippen LogP contribution is 2.26. The van der Waals surface area contributed by atoms with Gasteiger partial charge in [0.25, 0.3) is 15.9 Å². The van der Waals surface area contributed by atoms with Crippen LogP contribution in [0.2, 0.25) is 5.02 Å². The quantitative estimate of drug-likeness (QED) is 0.522. The summed E-state index contributed by atoms with van der Waals surface area (Å²) in [6.45, 7) is 3.68. The fourth-order valence-electron chi connectivity index (χ4n) is 3.00. The topological polar surface area (TPSA) is 75.7 Å². The predicted molar refractivity (Wildman–Crippen MR) is 123 cm³/mol. The first-order valence-corrected chi connectivity index (χ1v) is 11.5. The number of benzene rings is 3. The Bertz CT molecular complexity index is 1150. The standard InChI is InChI=1S/C23H23ClN2O4S/c1-3-26(31(28,29)20-8-5-4-6-9-20)18-12-14-19(15-13-18)30-16-23(27)25-22-11-7-10-21(24)17(22)2/h4-15H,3,16H2,1-2H3,(H,25,27). The molecule has 0 aliphatic rings. The molecule has 0 radical (unpaired) electrons. The molecule has 0 unspecified atom stereocenters. The Kier molecular flexibility index (Phi) is 7.20. The summed E-state index contributed by atoms with van der Waals surface area (Å²) in [5, 5.41) is 3.33. The van der Waals surface area contributed by atoms with Crippen molar-refractivity contribution >= 4 is 38.9 Å². The highest BCUT2D eigenvalue weighted by molar-refractivity contribution is 7.92. The SMILES string of the molecule is CCN(c1ccc(OCC(=O)Nc2cccc(Cl)c2C)cc1)S(=O)(=O)c1ccccc1. The predicted octanol–water partition coefficient (Wildman–Crippen LogP) is 4.88. The van der Waals surface area contributed by atoms with Gasteiger partial charge in [0, 0.05) is 17.3 Å². The maximum atomic E-state index is 12.9. The average Bonchev–Trinajstić information content (AvgIpc) is 2.77. The first-order chi connectivity index (χ1) is 14.8. The Morgan fingerprint density at radius 2 is 1.68 bits per heavy atom. The number of sulfonamides is 1. The van der Waals surface area contributed by atoms with Crippen LogP contribution in [0.4, 0.5) is 11.4 Å². The Morgan fingerprint density at radius 1 is 1.00 bits per heavy atom. The smallest absolute Gasteiger partial charge is 0.264 e. The van der Waals surface area contributed by atoms with Crippen LogP contribution in [-0.2, 0) is 14.8 Å². The van der Waals surface area contributed by atoms with E-state index in [1.54, 1.807) is 79.7 Å². The molecule has 0 fully saturated rings. The second-order valence-corrected chi connectivity index (χ2v) is 9.00. The molecule has 3 aromatic rings. The van der Waals surface area contributed by atoms with Crippen LogP contribution >= 0.6 is 11.6 Å². The van der Waals surface area contributed by atoms with Gasteiger partial charge in [-0.25, -0.2) is 8.42 Å². The molecule has 6 nitrogen and oxygen atoms in total. The summed E-state index contributed by atoms with van der Waals surface area (Å²) in [5.41, 5.74) is 1.92. The Balaban J connectivity index is 1.65. The third-order valence-electron chi connectivity index (χ3n) is 4.65. The van der Waals surface area contributed by atoms with E-state index in [1.807, 2.05) is 6.92 Å². The van der Waals surface area contributed by atoms with Crippen molar-refractivity contribution in [2.45, 2.75) is 18.7 Å². The minimum absolute atomic E-state index is 0.189. The molecule has 0 atom stereocenters. The van der Waals surface area contributed by atoms with Gasteiger partial charge in [-0.2, -0.15) is 0 Å². The molecule has 0 heterocycles. The monoisotopic (exact) mass is 458 g/mol. The first-order valence-electron chi connectivity index (χ1n) is 9.68.